The van der Waals surface area contributed by atoms with E-state index in [0.29, 0.717) is 23.4 Å². The van der Waals surface area contributed by atoms with Crippen molar-refractivity contribution in [1.82, 2.24) is 24.6 Å². The maximum absolute atomic E-state index is 12.9. The standard InChI is InChI=1S/C26H29N5O2S/c1-3-33-20-10-8-19(9-11-20)31-25(22-16-27-23-7-5-4-6-21(22)23)28-29-26(31)34-17-24(32)30-14-12-18(2)13-15-30/h4-11,16,18,27H,3,12-15,17H2,1-2H3. The van der Waals surface area contributed by atoms with Crippen molar-refractivity contribution in [2.24, 2.45) is 5.92 Å². The summed E-state index contributed by atoms with van der Waals surface area (Å²) < 4.78 is 7.65. The zero-order valence-electron chi connectivity index (χ0n) is 19.5. The Hall–Kier alpha value is -3.26. The van der Waals surface area contributed by atoms with E-state index in [-0.39, 0.29) is 5.91 Å². The minimum Gasteiger partial charge on any atom is -0.494 e. The van der Waals surface area contributed by atoms with Gasteiger partial charge in [-0.1, -0.05) is 36.9 Å². The molecule has 0 radical (unpaired) electrons. The average Bonchev–Trinajstić information content (AvgIpc) is 3.48. The van der Waals surface area contributed by atoms with Gasteiger partial charge in [-0.15, -0.1) is 10.2 Å². The number of benzene rings is 2. The lowest BCUT2D eigenvalue weighted by atomic mass is 9.99. The molecule has 176 valence electrons. The highest BCUT2D eigenvalue weighted by Gasteiger charge is 2.23. The van der Waals surface area contributed by atoms with Crippen molar-refractivity contribution < 1.29 is 9.53 Å². The Morgan fingerprint density at radius 1 is 1.12 bits per heavy atom. The summed E-state index contributed by atoms with van der Waals surface area (Å²) >= 11 is 1.44. The molecule has 0 aliphatic carbocycles. The molecule has 8 heteroatoms. The fourth-order valence-electron chi connectivity index (χ4n) is 4.36. The summed E-state index contributed by atoms with van der Waals surface area (Å²) in [4.78, 5) is 18.2. The van der Waals surface area contributed by atoms with Crippen LogP contribution in [-0.4, -0.2) is 56.0 Å². The summed E-state index contributed by atoms with van der Waals surface area (Å²) in [6, 6.07) is 16.1. The molecule has 1 amide bonds. The quantitative estimate of drug-likeness (QED) is 0.374. The van der Waals surface area contributed by atoms with Crippen LogP contribution in [0.25, 0.3) is 28.0 Å². The van der Waals surface area contributed by atoms with Crippen LogP contribution in [0.2, 0.25) is 0 Å². The molecule has 2 aromatic heterocycles. The zero-order chi connectivity index (χ0) is 23.5. The van der Waals surface area contributed by atoms with Crippen molar-refractivity contribution in [2.45, 2.75) is 31.8 Å². The van der Waals surface area contributed by atoms with Crippen LogP contribution in [0.4, 0.5) is 0 Å². The van der Waals surface area contributed by atoms with Gasteiger partial charge in [-0.2, -0.15) is 0 Å². The molecular weight excluding hydrogens is 446 g/mol. The van der Waals surface area contributed by atoms with Gasteiger partial charge in [0.1, 0.15) is 5.75 Å². The molecule has 3 heterocycles. The van der Waals surface area contributed by atoms with Gasteiger partial charge in [-0.25, -0.2) is 0 Å². The van der Waals surface area contributed by atoms with Crippen molar-refractivity contribution in [3.05, 3.63) is 54.7 Å². The largest absolute Gasteiger partial charge is 0.494 e. The molecule has 1 fully saturated rings. The summed E-state index contributed by atoms with van der Waals surface area (Å²) in [5, 5.41) is 10.8. The Bertz CT molecular complexity index is 1270. The summed E-state index contributed by atoms with van der Waals surface area (Å²) in [6.45, 7) is 6.52. The predicted molar refractivity (Wildman–Crippen MR) is 136 cm³/mol. The van der Waals surface area contributed by atoms with Crippen LogP contribution in [0.3, 0.4) is 0 Å². The molecule has 1 aliphatic heterocycles. The fourth-order valence-corrected chi connectivity index (χ4v) is 5.22. The number of carbonyl (C=O) groups is 1. The fraction of sp³-hybridized carbons (Fsp3) is 0.346. The number of carbonyl (C=O) groups excluding carboxylic acids is 1. The maximum Gasteiger partial charge on any atom is 0.233 e. The molecule has 0 atom stereocenters. The lowest BCUT2D eigenvalue weighted by Crippen LogP contribution is -2.38. The van der Waals surface area contributed by atoms with E-state index >= 15 is 0 Å². The number of piperidine rings is 1. The molecule has 0 unspecified atom stereocenters. The number of para-hydroxylation sites is 1. The van der Waals surface area contributed by atoms with Crippen molar-refractivity contribution in [3.63, 3.8) is 0 Å². The van der Waals surface area contributed by atoms with Crippen LogP contribution >= 0.6 is 11.8 Å². The Balaban J connectivity index is 1.47. The number of hydrogen-bond donors (Lipinski definition) is 1. The van der Waals surface area contributed by atoms with Gasteiger partial charge in [-0.3, -0.25) is 9.36 Å². The number of likely N-dealkylation sites (tertiary alicyclic amines) is 1. The van der Waals surface area contributed by atoms with Gasteiger partial charge in [-0.05, 0) is 56.0 Å². The number of fused-ring (bicyclic) bond motifs is 1. The number of H-pyrrole nitrogens is 1. The molecule has 1 aliphatic rings. The summed E-state index contributed by atoms with van der Waals surface area (Å²) in [5.41, 5.74) is 2.94. The van der Waals surface area contributed by atoms with Crippen LogP contribution in [0, 0.1) is 5.92 Å². The van der Waals surface area contributed by atoms with Crippen LogP contribution in [0.15, 0.2) is 59.9 Å². The van der Waals surface area contributed by atoms with Gasteiger partial charge in [0.15, 0.2) is 11.0 Å². The summed E-state index contributed by atoms with van der Waals surface area (Å²) in [6.07, 6.45) is 4.11. The molecule has 0 bridgehead atoms. The third-order valence-electron chi connectivity index (χ3n) is 6.33. The van der Waals surface area contributed by atoms with Gasteiger partial charge in [0.05, 0.1) is 12.4 Å². The highest BCUT2D eigenvalue weighted by atomic mass is 32.2. The normalized spacial score (nSPS) is 14.6. The number of ether oxygens (including phenoxy) is 1. The Kier molecular flexibility index (Phi) is 6.58. The van der Waals surface area contributed by atoms with Crippen LogP contribution < -0.4 is 4.74 Å². The SMILES string of the molecule is CCOc1ccc(-n2c(SCC(=O)N3CCC(C)CC3)nnc2-c2c[nH]c3ccccc23)cc1. The summed E-state index contributed by atoms with van der Waals surface area (Å²) in [7, 11) is 0. The number of aromatic amines is 1. The second-order valence-electron chi connectivity index (χ2n) is 8.67. The molecule has 5 rings (SSSR count). The third-order valence-corrected chi connectivity index (χ3v) is 7.24. The van der Waals surface area contributed by atoms with Crippen LogP contribution in [0.5, 0.6) is 5.75 Å². The number of amides is 1. The van der Waals surface area contributed by atoms with Gasteiger partial charge in [0.25, 0.3) is 0 Å². The van der Waals surface area contributed by atoms with Crippen molar-refractivity contribution >= 4 is 28.6 Å². The Labute approximate surface area is 203 Å². The number of rotatable bonds is 7. The number of nitrogens with one attached hydrogen (secondary N) is 1. The van der Waals surface area contributed by atoms with Crippen LogP contribution in [0.1, 0.15) is 26.7 Å². The second-order valence-corrected chi connectivity index (χ2v) is 9.61. The number of thioether (sulfide) groups is 1. The van der Waals surface area contributed by atoms with E-state index in [1.54, 1.807) is 0 Å². The molecule has 7 nitrogen and oxygen atoms in total. The van der Waals surface area contributed by atoms with E-state index in [4.69, 9.17) is 4.74 Å². The second kappa shape index (κ2) is 9.93. The molecule has 1 saturated heterocycles. The van der Waals surface area contributed by atoms with E-state index in [2.05, 4.69) is 28.2 Å². The highest BCUT2D eigenvalue weighted by molar-refractivity contribution is 7.99. The summed E-state index contributed by atoms with van der Waals surface area (Å²) in [5.74, 6) is 2.75. The Morgan fingerprint density at radius 2 is 1.88 bits per heavy atom. The first-order valence-electron chi connectivity index (χ1n) is 11.8. The van der Waals surface area contributed by atoms with Crippen LogP contribution in [-0.2, 0) is 4.79 Å². The van der Waals surface area contributed by atoms with Crippen molar-refractivity contribution in [1.29, 1.82) is 0 Å². The molecule has 34 heavy (non-hydrogen) atoms. The first-order chi connectivity index (χ1) is 16.6. The molecule has 2 aromatic carbocycles. The van der Waals surface area contributed by atoms with Gasteiger partial charge in [0, 0.05) is 41.4 Å². The minimum atomic E-state index is 0.159. The average molecular weight is 476 g/mol. The lowest BCUT2D eigenvalue weighted by Gasteiger charge is -2.30. The first-order valence-corrected chi connectivity index (χ1v) is 12.8. The van der Waals surface area contributed by atoms with Crippen molar-refractivity contribution in [3.8, 4) is 22.8 Å². The van der Waals surface area contributed by atoms with E-state index in [1.807, 2.05) is 65.1 Å². The first kappa shape index (κ1) is 22.5. The van der Waals surface area contributed by atoms with E-state index in [9.17, 15) is 4.79 Å². The third kappa shape index (κ3) is 4.55. The molecule has 4 aromatic rings. The molecule has 0 spiro atoms. The Morgan fingerprint density at radius 3 is 2.65 bits per heavy atom. The van der Waals surface area contributed by atoms with E-state index in [1.165, 1.54) is 11.8 Å². The monoisotopic (exact) mass is 475 g/mol. The smallest absolute Gasteiger partial charge is 0.233 e. The molecule has 0 saturated carbocycles. The number of aromatic nitrogens is 4. The topological polar surface area (TPSA) is 76.0 Å². The number of hydrogen-bond acceptors (Lipinski definition) is 5. The zero-order valence-corrected chi connectivity index (χ0v) is 20.3. The minimum absolute atomic E-state index is 0.159. The lowest BCUT2D eigenvalue weighted by molar-refractivity contribution is -0.129. The molecule has 1 N–H and O–H groups in total. The molecular formula is C26H29N5O2S. The van der Waals surface area contributed by atoms with Crippen molar-refractivity contribution in [2.75, 3.05) is 25.4 Å². The van der Waals surface area contributed by atoms with Gasteiger partial charge < -0.3 is 14.6 Å². The van der Waals surface area contributed by atoms with E-state index < -0.39 is 0 Å². The van der Waals surface area contributed by atoms with E-state index in [0.717, 1.165) is 59.7 Å². The number of nitrogens with zero attached hydrogens (tertiary/aromatic N) is 4. The maximum atomic E-state index is 12.9. The highest BCUT2D eigenvalue weighted by Crippen LogP contribution is 2.33. The predicted octanol–water partition coefficient (Wildman–Crippen LogP) is 5.16. The van der Waals surface area contributed by atoms with Gasteiger partial charge in [0.2, 0.25) is 5.91 Å². The van der Waals surface area contributed by atoms with Gasteiger partial charge >= 0.3 is 0 Å².